The summed E-state index contributed by atoms with van der Waals surface area (Å²) in [7, 11) is 3.86. The molecule has 5 nitrogen and oxygen atoms in total. The number of hydrogen-bond acceptors (Lipinski definition) is 5. The van der Waals surface area contributed by atoms with Crippen molar-refractivity contribution in [1.29, 1.82) is 0 Å². The molecular weight excluding hydrogens is 367 g/mol. The third kappa shape index (κ3) is 6.68. The van der Waals surface area contributed by atoms with Crippen LogP contribution in [0.2, 0.25) is 5.02 Å². The molecule has 0 bridgehead atoms. The predicted octanol–water partition coefficient (Wildman–Crippen LogP) is 4.12. The zero-order chi connectivity index (χ0) is 19.2. The van der Waals surface area contributed by atoms with Crippen LogP contribution in [0.3, 0.4) is 0 Å². The number of hydrogen-bond donors (Lipinski definition) is 2. The topological polar surface area (TPSA) is 53.1 Å². The minimum Gasteiger partial charge on any atom is -0.366 e. The minimum absolute atomic E-state index is 0.0489. The molecule has 2 aromatic rings. The summed E-state index contributed by atoms with van der Waals surface area (Å²) < 4.78 is 39.3. The Hall–Kier alpha value is -2.06. The largest absolute Gasteiger partial charge is 0.433 e. The van der Waals surface area contributed by atoms with Crippen LogP contribution in [0.15, 0.2) is 30.3 Å². The van der Waals surface area contributed by atoms with E-state index in [9.17, 15) is 13.2 Å². The Morgan fingerprint density at radius 3 is 2.54 bits per heavy atom. The van der Waals surface area contributed by atoms with Crippen LogP contribution < -0.4 is 10.6 Å². The highest BCUT2D eigenvalue weighted by Crippen LogP contribution is 2.29. The molecule has 0 amide bonds. The van der Waals surface area contributed by atoms with Gasteiger partial charge >= 0.3 is 6.18 Å². The van der Waals surface area contributed by atoms with Gasteiger partial charge in [-0.15, -0.1) is 0 Å². The molecular formula is C17H21ClF3N5. The lowest BCUT2D eigenvalue weighted by Crippen LogP contribution is -2.18. The van der Waals surface area contributed by atoms with E-state index in [4.69, 9.17) is 11.6 Å². The van der Waals surface area contributed by atoms with Gasteiger partial charge in [-0.1, -0.05) is 23.7 Å². The van der Waals surface area contributed by atoms with Crippen LogP contribution in [0.5, 0.6) is 0 Å². The summed E-state index contributed by atoms with van der Waals surface area (Å²) in [6.45, 7) is 1.59. The van der Waals surface area contributed by atoms with Crippen molar-refractivity contribution in [2.24, 2.45) is 0 Å². The van der Waals surface area contributed by atoms with Crippen LogP contribution >= 0.6 is 11.6 Å². The van der Waals surface area contributed by atoms with Crippen LogP contribution in [-0.4, -0.2) is 42.1 Å². The zero-order valence-corrected chi connectivity index (χ0v) is 15.3. The number of nitrogens with one attached hydrogen (secondary N) is 2. The third-order valence-electron chi connectivity index (χ3n) is 3.44. The Morgan fingerprint density at radius 1 is 1.12 bits per heavy atom. The van der Waals surface area contributed by atoms with Crippen LogP contribution in [0, 0.1) is 0 Å². The average Bonchev–Trinajstić information content (AvgIpc) is 2.56. The molecule has 0 unspecified atom stereocenters. The van der Waals surface area contributed by atoms with E-state index >= 15 is 0 Å². The highest BCUT2D eigenvalue weighted by Gasteiger charge is 2.33. The number of rotatable bonds is 8. The predicted molar refractivity (Wildman–Crippen MR) is 97.5 cm³/mol. The van der Waals surface area contributed by atoms with E-state index in [0.717, 1.165) is 24.6 Å². The molecule has 0 radical (unpaired) electrons. The summed E-state index contributed by atoms with van der Waals surface area (Å²) in [4.78, 5) is 9.68. The van der Waals surface area contributed by atoms with Crippen molar-refractivity contribution in [3.8, 4) is 0 Å². The fraction of sp³-hybridized carbons (Fsp3) is 0.412. The molecule has 1 aromatic heterocycles. The second-order valence-electron chi connectivity index (χ2n) is 6.03. The Labute approximate surface area is 155 Å². The van der Waals surface area contributed by atoms with E-state index in [0.29, 0.717) is 18.1 Å². The average molecular weight is 388 g/mol. The van der Waals surface area contributed by atoms with Gasteiger partial charge in [0.15, 0.2) is 5.69 Å². The van der Waals surface area contributed by atoms with Crippen LogP contribution in [0.1, 0.15) is 17.7 Å². The normalized spacial score (nSPS) is 11.7. The van der Waals surface area contributed by atoms with Crippen molar-refractivity contribution in [2.75, 3.05) is 37.8 Å². The number of anilines is 2. The van der Waals surface area contributed by atoms with E-state index in [-0.39, 0.29) is 11.8 Å². The fourth-order valence-corrected chi connectivity index (χ4v) is 2.41. The first-order valence-electron chi connectivity index (χ1n) is 8.07. The summed E-state index contributed by atoms with van der Waals surface area (Å²) in [6, 6.07) is 7.97. The lowest BCUT2D eigenvalue weighted by atomic mass is 10.2. The Morgan fingerprint density at radius 2 is 1.88 bits per heavy atom. The molecule has 0 aliphatic heterocycles. The minimum atomic E-state index is -4.55. The van der Waals surface area contributed by atoms with E-state index in [2.05, 4.69) is 20.6 Å². The van der Waals surface area contributed by atoms with Crippen molar-refractivity contribution in [3.63, 3.8) is 0 Å². The smallest absolute Gasteiger partial charge is 0.366 e. The van der Waals surface area contributed by atoms with E-state index in [1.165, 1.54) is 0 Å². The lowest BCUT2D eigenvalue weighted by molar-refractivity contribution is -0.141. The Kier molecular flexibility index (Phi) is 7.05. The molecule has 1 aromatic carbocycles. The second-order valence-corrected chi connectivity index (χ2v) is 6.46. The molecule has 0 aliphatic carbocycles. The van der Waals surface area contributed by atoms with E-state index in [1.54, 1.807) is 18.2 Å². The van der Waals surface area contributed by atoms with Gasteiger partial charge in [-0.2, -0.15) is 18.2 Å². The van der Waals surface area contributed by atoms with Gasteiger partial charge in [-0.3, -0.25) is 0 Å². The van der Waals surface area contributed by atoms with E-state index < -0.39 is 11.9 Å². The summed E-state index contributed by atoms with van der Waals surface area (Å²) >= 11 is 5.91. The fourth-order valence-electron chi connectivity index (χ4n) is 2.20. The standard InChI is InChI=1S/C17H21ClF3N5/c1-26(2)8-4-7-22-16-24-14(17(19,20)21)10-15(25-16)23-11-12-5-3-6-13(18)9-12/h3,5-6,9-10H,4,7-8,11H2,1-2H3,(H2,22,23,24,25). The number of nitrogens with zero attached hydrogens (tertiary/aromatic N) is 3. The second kappa shape index (κ2) is 9.05. The van der Waals surface area contributed by atoms with Gasteiger partial charge in [0.25, 0.3) is 0 Å². The monoisotopic (exact) mass is 387 g/mol. The maximum Gasteiger partial charge on any atom is 0.433 e. The number of benzene rings is 1. The van der Waals surface area contributed by atoms with Gasteiger partial charge in [0.05, 0.1) is 0 Å². The van der Waals surface area contributed by atoms with Gasteiger partial charge in [0.2, 0.25) is 5.95 Å². The lowest BCUT2D eigenvalue weighted by Gasteiger charge is -2.14. The van der Waals surface area contributed by atoms with Gasteiger partial charge in [-0.05, 0) is 44.8 Å². The first kappa shape index (κ1) is 20.3. The third-order valence-corrected chi connectivity index (χ3v) is 3.68. The molecule has 9 heteroatoms. The SMILES string of the molecule is CN(C)CCCNc1nc(NCc2cccc(Cl)c2)cc(C(F)(F)F)n1. The first-order valence-corrected chi connectivity index (χ1v) is 8.45. The van der Waals surface area contributed by atoms with Crippen LogP contribution in [0.4, 0.5) is 24.9 Å². The van der Waals surface area contributed by atoms with Crippen LogP contribution in [-0.2, 0) is 12.7 Å². The first-order chi connectivity index (χ1) is 12.2. The van der Waals surface area contributed by atoms with Crippen molar-refractivity contribution in [3.05, 3.63) is 46.6 Å². The summed E-state index contributed by atoms with van der Waals surface area (Å²) in [5.41, 5.74) is -0.152. The number of halogens is 4. The number of alkyl halides is 3. The van der Waals surface area contributed by atoms with Crippen molar-refractivity contribution in [1.82, 2.24) is 14.9 Å². The highest BCUT2D eigenvalue weighted by molar-refractivity contribution is 6.30. The molecule has 2 N–H and O–H groups in total. The molecule has 142 valence electrons. The summed E-state index contributed by atoms with van der Waals surface area (Å²) in [6.07, 6.45) is -3.78. The highest BCUT2D eigenvalue weighted by atomic mass is 35.5. The van der Waals surface area contributed by atoms with Gasteiger partial charge in [0, 0.05) is 24.2 Å². The van der Waals surface area contributed by atoms with Crippen molar-refractivity contribution < 1.29 is 13.2 Å². The Balaban J connectivity index is 2.09. The molecule has 0 atom stereocenters. The zero-order valence-electron chi connectivity index (χ0n) is 14.6. The number of aromatic nitrogens is 2. The van der Waals surface area contributed by atoms with Crippen molar-refractivity contribution in [2.45, 2.75) is 19.1 Å². The van der Waals surface area contributed by atoms with Crippen molar-refractivity contribution >= 4 is 23.4 Å². The summed E-state index contributed by atoms with van der Waals surface area (Å²) in [5, 5.41) is 6.30. The van der Waals surface area contributed by atoms with Gasteiger partial charge < -0.3 is 15.5 Å². The van der Waals surface area contributed by atoms with Crippen LogP contribution in [0.25, 0.3) is 0 Å². The quantitative estimate of drug-likeness (QED) is 0.667. The molecule has 1 heterocycles. The van der Waals surface area contributed by atoms with E-state index in [1.807, 2.05) is 25.1 Å². The molecule has 0 saturated carbocycles. The summed E-state index contributed by atoms with van der Waals surface area (Å²) in [5.74, 6) is 0.0505. The molecule has 0 fully saturated rings. The Bertz CT molecular complexity index is 722. The molecule has 0 saturated heterocycles. The molecule has 0 aliphatic rings. The molecule has 0 spiro atoms. The maximum absolute atomic E-state index is 13.1. The maximum atomic E-state index is 13.1. The van der Waals surface area contributed by atoms with Gasteiger partial charge in [-0.25, -0.2) is 4.98 Å². The van der Waals surface area contributed by atoms with Gasteiger partial charge in [0.1, 0.15) is 5.82 Å². The molecule has 26 heavy (non-hydrogen) atoms. The molecule has 2 rings (SSSR count).